The zero-order valence-electron chi connectivity index (χ0n) is 13.1. The molecule has 2 rings (SSSR count). The number of imidazole rings is 1. The van der Waals surface area contributed by atoms with E-state index < -0.39 is 0 Å². The number of hydrogen-bond donors (Lipinski definition) is 0. The molecule has 0 amide bonds. The highest BCUT2D eigenvalue weighted by Gasteiger charge is 2.22. The molecule has 0 N–H and O–H groups in total. The molecule has 0 spiro atoms. The van der Waals surface area contributed by atoms with Crippen LogP contribution >= 0.6 is 0 Å². The van der Waals surface area contributed by atoms with Gasteiger partial charge in [0, 0.05) is 12.0 Å². The van der Waals surface area contributed by atoms with E-state index in [4.69, 9.17) is 10.2 Å². The summed E-state index contributed by atoms with van der Waals surface area (Å²) in [6, 6.07) is 7.97. The molecule has 0 fully saturated rings. The Bertz CT molecular complexity index is 653. The molecule has 0 aliphatic rings. The van der Waals surface area contributed by atoms with Gasteiger partial charge in [0.1, 0.15) is 5.82 Å². The fourth-order valence-electron chi connectivity index (χ4n) is 2.54. The van der Waals surface area contributed by atoms with Gasteiger partial charge in [-0.2, -0.15) is 5.26 Å². The summed E-state index contributed by atoms with van der Waals surface area (Å²) in [5.41, 5.74) is 2.71. The lowest BCUT2D eigenvalue weighted by atomic mass is 10.0. The molecule has 1 heterocycles. The average molecular weight is 269 g/mol. The fourth-order valence-corrected chi connectivity index (χ4v) is 2.54. The summed E-state index contributed by atoms with van der Waals surface area (Å²) in [5, 5.41) is 9.03. The lowest BCUT2D eigenvalue weighted by Gasteiger charge is -2.25. The van der Waals surface area contributed by atoms with Crippen molar-refractivity contribution >= 4 is 11.0 Å². The molecule has 106 valence electrons. The summed E-state index contributed by atoms with van der Waals surface area (Å²) < 4.78 is 2.32. The summed E-state index contributed by atoms with van der Waals surface area (Å²) in [6.07, 6.45) is 2.13. The molecule has 1 aromatic carbocycles. The number of nitriles is 1. The van der Waals surface area contributed by atoms with Crippen molar-refractivity contribution in [1.82, 2.24) is 9.55 Å². The largest absolute Gasteiger partial charge is 0.323 e. The summed E-state index contributed by atoms with van der Waals surface area (Å²) >= 11 is 0. The van der Waals surface area contributed by atoms with Crippen LogP contribution in [0.15, 0.2) is 18.2 Å². The predicted octanol–water partition coefficient (Wildman–Crippen LogP) is 4.25. The third-order valence-corrected chi connectivity index (χ3v) is 3.75. The fraction of sp³-hybridized carbons (Fsp3) is 0.529. The van der Waals surface area contributed by atoms with Crippen LogP contribution in [0.5, 0.6) is 0 Å². The van der Waals surface area contributed by atoms with Gasteiger partial charge in [0.2, 0.25) is 0 Å². The first-order valence-corrected chi connectivity index (χ1v) is 7.28. The van der Waals surface area contributed by atoms with E-state index in [1.54, 1.807) is 0 Å². The molecule has 0 saturated carbocycles. The molecular formula is C17H23N3. The molecule has 1 aromatic heterocycles. The van der Waals surface area contributed by atoms with Crippen LogP contribution in [-0.2, 0) is 12.0 Å². The van der Waals surface area contributed by atoms with Gasteiger partial charge in [0.25, 0.3) is 0 Å². The molecule has 3 heteroatoms. The van der Waals surface area contributed by atoms with Crippen molar-refractivity contribution in [2.45, 2.75) is 53.0 Å². The Labute approximate surface area is 121 Å². The Morgan fingerprint density at radius 1 is 1.35 bits per heavy atom. The molecule has 0 aliphatic heterocycles. The second kappa shape index (κ2) is 5.28. The van der Waals surface area contributed by atoms with Crippen LogP contribution in [0.1, 0.15) is 52.4 Å². The van der Waals surface area contributed by atoms with E-state index in [0.717, 1.165) is 29.7 Å². The Balaban J connectivity index is 2.63. The van der Waals surface area contributed by atoms with E-state index in [-0.39, 0.29) is 5.54 Å². The normalized spacial score (nSPS) is 13.4. The van der Waals surface area contributed by atoms with Gasteiger partial charge in [-0.15, -0.1) is 0 Å². The summed E-state index contributed by atoms with van der Waals surface area (Å²) in [4.78, 5) is 4.79. The van der Waals surface area contributed by atoms with E-state index in [1.165, 1.54) is 0 Å². The van der Waals surface area contributed by atoms with Crippen molar-refractivity contribution < 1.29 is 0 Å². The van der Waals surface area contributed by atoms with Crippen LogP contribution in [0.2, 0.25) is 0 Å². The zero-order chi connectivity index (χ0) is 14.9. The van der Waals surface area contributed by atoms with Crippen LogP contribution in [0, 0.1) is 17.2 Å². The Hall–Kier alpha value is -1.82. The van der Waals surface area contributed by atoms with E-state index in [9.17, 15) is 0 Å². The van der Waals surface area contributed by atoms with Gasteiger partial charge in [-0.1, -0.05) is 20.3 Å². The Morgan fingerprint density at radius 2 is 2.05 bits per heavy atom. The summed E-state index contributed by atoms with van der Waals surface area (Å²) in [6.45, 7) is 11.1. The van der Waals surface area contributed by atoms with Gasteiger partial charge in [-0.05, 0) is 44.9 Å². The van der Waals surface area contributed by atoms with Gasteiger partial charge in [-0.3, -0.25) is 0 Å². The van der Waals surface area contributed by atoms with E-state index in [1.807, 2.05) is 18.2 Å². The lowest BCUT2D eigenvalue weighted by Crippen LogP contribution is -2.24. The van der Waals surface area contributed by atoms with Crippen molar-refractivity contribution in [3.05, 3.63) is 29.6 Å². The molecule has 3 nitrogen and oxygen atoms in total. The van der Waals surface area contributed by atoms with Crippen molar-refractivity contribution in [2.24, 2.45) is 5.92 Å². The van der Waals surface area contributed by atoms with E-state index >= 15 is 0 Å². The van der Waals surface area contributed by atoms with Crippen LogP contribution in [-0.4, -0.2) is 9.55 Å². The summed E-state index contributed by atoms with van der Waals surface area (Å²) in [7, 11) is 0. The number of hydrogen-bond acceptors (Lipinski definition) is 2. The molecule has 0 bridgehead atoms. The van der Waals surface area contributed by atoms with Crippen LogP contribution in [0.25, 0.3) is 11.0 Å². The Kier molecular flexibility index (Phi) is 3.85. The highest BCUT2D eigenvalue weighted by atomic mass is 15.1. The number of benzene rings is 1. The van der Waals surface area contributed by atoms with Crippen molar-refractivity contribution in [3.63, 3.8) is 0 Å². The van der Waals surface area contributed by atoms with Crippen LogP contribution < -0.4 is 0 Å². The maximum absolute atomic E-state index is 9.03. The van der Waals surface area contributed by atoms with Gasteiger partial charge in [0.05, 0.1) is 22.7 Å². The highest BCUT2D eigenvalue weighted by Crippen LogP contribution is 2.27. The first kappa shape index (κ1) is 14.6. The number of rotatable bonds is 3. The quantitative estimate of drug-likeness (QED) is 0.835. The summed E-state index contributed by atoms with van der Waals surface area (Å²) in [5.74, 6) is 1.74. The first-order chi connectivity index (χ1) is 9.36. The van der Waals surface area contributed by atoms with Crippen LogP contribution in [0.3, 0.4) is 0 Å². The van der Waals surface area contributed by atoms with E-state index in [0.29, 0.717) is 11.5 Å². The van der Waals surface area contributed by atoms with Crippen molar-refractivity contribution in [2.75, 3.05) is 0 Å². The molecule has 2 aromatic rings. The van der Waals surface area contributed by atoms with Crippen molar-refractivity contribution in [3.8, 4) is 6.07 Å². The topological polar surface area (TPSA) is 41.6 Å². The third kappa shape index (κ3) is 2.70. The minimum atomic E-state index is -0.00823. The Morgan fingerprint density at radius 3 is 2.60 bits per heavy atom. The molecule has 1 unspecified atom stereocenters. The predicted molar refractivity (Wildman–Crippen MR) is 82.6 cm³/mol. The second-order valence-corrected chi connectivity index (χ2v) is 6.57. The monoisotopic (exact) mass is 269 g/mol. The van der Waals surface area contributed by atoms with Gasteiger partial charge in [0.15, 0.2) is 0 Å². The molecule has 1 atom stereocenters. The minimum absolute atomic E-state index is 0.00823. The zero-order valence-corrected chi connectivity index (χ0v) is 13.1. The smallest absolute Gasteiger partial charge is 0.110 e. The number of nitrogens with zero attached hydrogens (tertiary/aromatic N) is 3. The molecule has 20 heavy (non-hydrogen) atoms. The molecule has 0 saturated heterocycles. The second-order valence-electron chi connectivity index (χ2n) is 6.57. The lowest BCUT2D eigenvalue weighted by molar-refractivity contribution is 0.382. The highest BCUT2D eigenvalue weighted by molar-refractivity contribution is 5.78. The van der Waals surface area contributed by atoms with Gasteiger partial charge in [-0.25, -0.2) is 4.98 Å². The van der Waals surface area contributed by atoms with Crippen molar-refractivity contribution in [1.29, 1.82) is 5.26 Å². The maximum atomic E-state index is 9.03. The maximum Gasteiger partial charge on any atom is 0.110 e. The molecule has 0 aliphatic carbocycles. The number of aromatic nitrogens is 2. The van der Waals surface area contributed by atoms with E-state index in [2.05, 4.69) is 45.3 Å². The minimum Gasteiger partial charge on any atom is -0.323 e. The first-order valence-electron chi connectivity index (χ1n) is 7.28. The SMILES string of the molecule is CCC(C)Cc1nc2cc(C#N)ccc2n1C(C)(C)C. The third-order valence-electron chi connectivity index (χ3n) is 3.75. The average Bonchev–Trinajstić information content (AvgIpc) is 2.74. The molecular weight excluding hydrogens is 246 g/mol. The number of fused-ring (bicyclic) bond motifs is 1. The van der Waals surface area contributed by atoms with Gasteiger partial charge < -0.3 is 4.57 Å². The van der Waals surface area contributed by atoms with Gasteiger partial charge >= 0.3 is 0 Å². The standard InChI is InChI=1S/C17H23N3/c1-6-12(2)9-16-19-14-10-13(11-18)7-8-15(14)20(16)17(3,4)5/h7-8,10,12H,6,9H2,1-5H3. The molecule has 0 radical (unpaired) electrons. The van der Waals surface area contributed by atoms with Crippen LogP contribution in [0.4, 0.5) is 0 Å².